The minimum absolute atomic E-state index is 0.00753. The molecule has 0 unspecified atom stereocenters. The summed E-state index contributed by atoms with van der Waals surface area (Å²) in [6, 6.07) is 6.80. The molecule has 0 heterocycles. The zero-order chi connectivity index (χ0) is 14.9. The van der Waals surface area contributed by atoms with Crippen molar-refractivity contribution in [2.75, 3.05) is 5.32 Å². The van der Waals surface area contributed by atoms with Gasteiger partial charge in [-0.15, -0.1) is 0 Å². The Morgan fingerprint density at radius 2 is 1.60 bits per heavy atom. The number of carbonyl (C=O) groups is 1. The summed E-state index contributed by atoms with van der Waals surface area (Å²) >= 11 is 17.2. The normalized spacial score (nSPS) is 10.3. The highest BCUT2D eigenvalue weighted by Gasteiger charge is 2.13. The van der Waals surface area contributed by atoms with Gasteiger partial charge >= 0.3 is 0 Å². The largest absolute Gasteiger partial charge is 0.507 e. The lowest BCUT2D eigenvalue weighted by atomic mass is 10.2. The smallest absolute Gasteiger partial charge is 0.259 e. The van der Waals surface area contributed by atoms with Gasteiger partial charge in [-0.3, -0.25) is 4.79 Å². The monoisotopic (exact) mass is 331 g/mol. The van der Waals surface area contributed by atoms with Crippen LogP contribution in [-0.4, -0.2) is 16.1 Å². The van der Waals surface area contributed by atoms with E-state index in [1.165, 1.54) is 30.3 Å². The molecule has 2 aromatic carbocycles. The zero-order valence-corrected chi connectivity index (χ0v) is 12.1. The van der Waals surface area contributed by atoms with Crippen LogP contribution < -0.4 is 5.32 Å². The third-order valence-corrected chi connectivity index (χ3v) is 3.29. The van der Waals surface area contributed by atoms with Crippen LogP contribution in [0.1, 0.15) is 10.4 Å². The Morgan fingerprint density at radius 3 is 2.15 bits per heavy atom. The van der Waals surface area contributed by atoms with Gasteiger partial charge in [-0.05, 0) is 30.3 Å². The first-order valence-corrected chi connectivity index (χ1v) is 6.49. The van der Waals surface area contributed by atoms with Crippen LogP contribution in [0.2, 0.25) is 15.1 Å². The number of nitrogens with one attached hydrogen (secondary N) is 1. The van der Waals surface area contributed by atoms with Crippen molar-refractivity contribution in [2.24, 2.45) is 0 Å². The van der Waals surface area contributed by atoms with Crippen molar-refractivity contribution in [3.63, 3.8) is 0 Å². The zero-order valence-electron chi connectivity index (χ0n) is 9.82. The number of benzene rings is 2. The summed E-state index contributed by atoms with van der Waals surface area (Å²) in [7, 11) is 0. The van der Waals surface area contributed by atoms with E-state index in [4.69, 9.17) is 34.8 Å². The first-order valence-electron chi connectivity index (χ1n) is 5.36. The molecule has 104 valence electrons. The lowest BCUT2D eigenvalue weighted by molar-refractivity contribution is 0.102. The number of amides is 1. The topological polar surface area (TPSA) is 69.6 Å². The van der Waals surface area contributed by atoms with E-state index in [0.29, 0.717) is 5.02 Å². The van der Waals surface area contributed by atoms with Gasteiger partial charge < -0.3 is 15.5 Å². The minimum Gasteiger partial charge on any atom is -0.507 e. The molecule has 2 aromatic rings. The number of rotatable bonds is 2. The molecule has 0 spiro atoms. The Kier molecular flexibility index (Phi) is 4.28. The fourth-order valence-corrected chi connectivity index (χ4v) is 2.19. The molecule has 0 atom stereocenters. The molecule has 20 heavy (non-hydrogen) atoms. The van der Waals surface area contributed by atoms with Crippen molar-refractivity contribution < 1.29 is 15.0 Å². The molecule has 7 heteroatoms. The van der Waals surface area contributed by atoms with Crippen LogP contribution >= 0.6 is 34.8 Å². The van der Waals surface area contributed by atoms with Gasteiger partial charge in [0.2, 0.25) is 0 Å². The van der Waals surface area contributed by atoms with Gasteiger partial charge in [0.05, 0.1) is 15.6 Å². The number of anilines is 1. The molecule has 0 saturated carbocycles. The standard InChI is InChI=1S/C13H8Cl3NO3/c14-6-1-2-8(11(18)3-6)13(20)17-7-4-9(15)12(19)10(16)5-7/h1-5,18-19H,(H,17,20). The maximum absolute atomic E-state index is 12.0. The van der Waals surface area contributed by atoms with Crippen molar-refractivity contribution in [1.29, 1.82) is 0 Å². The van der Waals surface area contributed by atoms with Gasteiger partial charge in [-0.1, -0.05) is 34.8 Å². The average molecular weight is 333 g/mol. The van der Waals surface area contributed by atoms with Gasteiger partial charge in [0.1, 0.15) is 5.75 Å². The van der Waals surface area contributed by atoms with Crippen molar-refractivity contribution in [2.45, 2.75) is 0 Å². The highest BCUT2D eigenvalue weighted by molar-refractivity contribution is 6.37. The second-order valence-corrected chi connectivity index (χ2v) is 5.15. The lowest BCUT2D eigenvalue weighted by Crippen LogP contribution is -2.12. The molecule has 0 aliphatic heterocycles. The number of hydrogen-bond acceptors (Lipinski definition) is 3. The second kappa shape index (κ2) is 5.79. The van der Waals surface area contributed by atoms with E-state index in [-0.39, 0.29) is 32.8 Å². The van der Waals surface area contributed by atoms with Crippen molar-refractivity contribution in [3.8, 4) is 11.5 Å². The molecular formula is C13H8Cl3NO3. The summed E-state index contributed by atoms with van der Waals surface area (Å²) in [6.45, 7) is 0. The predicted octanol–water partition coefficient (Wildman–Crippen LogP) is 4.31. The molecule has 0 aromatic heterocycles. The quantitative estimate of drug-likeness (QED) is 0.718. The van der Waals surface area contributed by atoms with Crippen molar-refractivity contribution in [1.82, 2.24) is 0 Å². The fourth-order valence-electron chi connectivity index (χ4n) is 1.53. The summed E-state index contributed by atoms with van der Waals surface area (Å²) in [5.74, 6) is -1.07. The van der Waals surface area contributed by atoms with E-state index in [9.17, 15) is 15.0 Å². The molecule has 0 aliphatic rings. The van der Waals surface area contributed by atoms with Gasteiger partial charge in [0, 0.05) is 10.7 Å². The summed E-state index contributed by atoms with van der Waals surface area (Å²) < 4.78 is 0. The Hall–Kier alpha value is -1.62. The molecule has 0 radical (unpaired) electrons. The Balaban J connectivity index is 2.28. The lowest BCUT2D eigenvalue weighted by Gasteiger charge is -2.09. The minimum atomic E-state index is -0.558. The third-order valence-electron chi connectivity index (χ3n) is 2.48. The van der Waals surface area contributed by atoms with Crippen LogP contribution in [-0.2, 0) is 0 Å². The Morgan fingerprint density at radius 1 is 1.00 bits per heavy atom. The molecule has 0 saturated heterocycles. The van der Waals surface area contributed by atoms with Crippen LogP contribution in [0.5, 0.6) is 11.5 Å². The first kappa shape index (κ1) is 14.8. The number of phenolic OH excluding ortho intramolecular Hbond substituents is 2. The molecule has 0 fully saturated rings. The highest BCUT2D eigenvalue weighted by atomic mass is 35.5. The number of hydrogen-bond donors (Lipinski definition) is 3. The molecule has 0 aliphatic carbocycles. The predicted molar refractivity (Wildman–Crippen MR) is 79.2 cm³/mol. The molecule has 4 nitrogen and oxygen atoms in total. The fraction of sp³-hybridized carbons (Fsp3) is 0. The summed E-state index contributed by atoms with van der Waals surface area (Å²) in [5.41, 5.74) is 0.340. The average Bonchev–Trinajstić information content (AvgIpc) is 2.35. The van der Waals surface area contributed by atoms with E-state index in [1.807, 2.05) is 0 Å². The van der Waals surface area contributed by atoms with E-state index in [0.717, 1.165) is 0 Å². The van der Waals surface area contributed by atoms with Crippen LogP contribution in [0, 0.1) is 0 Å². The number of aromatic hydroxyl groups is 2. The number of carbonyl (C=O) groups excluding carboxylic acids is 1. The Labute approximate surface area is 129 Å². The van der Waals surface area contributed by atoms with Crippen molar-refractivity contribution >= 4 is 46.4 Å². The van der Waals surface area contributed by atoms with E-state index in [1.54, 1.807) is 0 Å². The van der Waals surface area contributed by atoms with Gasteiger partial charge in [-0.2, -0.15) is 0 Å². The highest BCUT2D eigenvalue weighted by Crippen LogP contribution is 2.35. The Bertz CT molecular complexity index is 666. The van der Waals surface area contributed by atoms with E-state index >= 15 is 0 Å². The van der Waals surface area contributed by atoms with Crippen LogP contribution in [0.4, 0.5) is 5.69 Å². The molecule has 1 amide bonds. The number of halogens is 3. The van der Waals surface area contributed by atoms with E-state index in [2.05, 4.69) is 5.32 Å². The molecule has 2 rings (SSSR count). The van der Waals surface area contributed by atoms with Gasteiger partial charge in [-0.25, -0.2) is 0 Å². The van der Waals surface area contributed by atoms with Crippen LogP contribution in [0.25, 0.3) is 0 Å². The third kappa shape index (κ3) is 3.10. The van der Waals surface area contributed by atoms with Gasteiger partial charge in [0.25, 0.3) is 5.91 Å². The second-order valence-electron chi connectivity index (χ2n) is 3.90. The van der Waals surface area contributed by atoms with Crippen molar-refractivity contribution in [3.05, 3.63) is 51.0 Å². The van der Waals surface area contributed by atoms with Crippen LogP contribution in [0.15, 0.2) is 30.3 Å². The maximum atomic E-state index is 12.0. The molecular weight excluding hydrogens is 325 g/mol. The summed E-state index contributed by atoms with van der Waals surface area (Å²) in [5, 5.41) is 21.9. The molecule has 0 bridgehead atoms. The SMILES string of the molecule is O=C(Nc1cc(Cl)c(O)c(Cl)c1)c1ccc(Cl)cc1O. The molecule has 3 N–H and O–H groups in total. The summed E-state index contributed by atoms with van der Waals surface area (Å²) in [4.78, 5) is 12.0. The van der Waals surface area contributed by atoms with Crippen LogP contribution in [0.3, 0.4) is 0 Å². The van der Waals surface area contributed by atoms with Gasteiger partial charge in [0.15, 0.2) is 5.75 Å². The maximum Gasteiger partial charge on any atom is 0.259 e. The first-order chi connectivity index (χ1) is 9.38. The van der Waals surface area contributed by atoms with E-state index < -0.39 is 5.91 Å². The summed E-state index contributed by atoms with van der Waals surface area (Å²) in [6.07, 6.45) is 0. The number of phenols is 2.